The first-order valence-corrected chi connectivity index (χ1v) is 6.05. The minimum atomic E-state index is -0.768. The minimum Gasteiger partial charge on any atom is -0.452 e. The predicted molar refractivity (Wildman–Crippen MR) is 67.4 cm³/mol. The molecule has 2 aromatic heterocycles. The van der Waals surface area contributed by atoms with Gasteiger partial charge in [0.25, 0.3) is 0 Å². The normalized spacial score (nSPS) is 14.5. The third-order valence-electron chi connectivity index (χ3n) is 2.63. The maximum Gasteiger partial charge on any atom is 0.169 e. The van der Waals surface area contributed by atoms with Crippen molar-refractivity contribution in [3.63, 3.8) is 0 Å². The first kappa shape index (κ1) is 12.3. The Morgan fingerprint density at radius 1 is 1.41 bits per heavy atom. The number of pyridine rings is 1. The largest absolute Gasteiger partial charge is 0.452 e. The first-order chi connectivity index (χ1) is 8.22. The fraction of sp³-hybridized carbons (Fsp3) is 0.250. The van der Waals surface area contributed by atoms with Gasteiger partial charge in [0.1, 0.15) is 11.9 Å². The summed E-state index contributed by atoms with van der Waals surface area (Å²) >= 11 is 3.21. The van der Waals surface area contributed by atoms with Crippen molar-refractivity contribution >= 4 is 15.9 Å². The Kier molecular flexibility index (Phi) is 3.93. The van der Waals surface area contributed by atoms with Gasteiger partial charge in [-0.25, -0.2) is 0 Å². The first-order valence-electron chi connectivity index (χ1n) is 5.25. The van der Waals surface area contributed by atoms with Gasteiger partial charge < -0.3 is 15.3 Å². The van der Waals surface area contributed by atoms with Crippen LogP contribution in [-0.4, -0.2) is 16.6 Å². The second-order valence-electron chi connectivity index (χ2n) is 3.72. The molecule has 17 heavy (non-hydrogen) atoms. The number of rotatable bonds is 4. The molecule has 0 aromatic carbocycles. The summed E-state index contributed by atoms with van der Waals surface area (Å²) in [7, 11) is 0. The van der Waals surface area contributed by atoms with Crippen LogP contribution in [0.1, 0.15) is 23.3 Å². The zero-order valence-corrected chi connectivity index (χ0v) is 10.7. The Labute approximate surface area is 108 Å². The van der Waals surface area contributed by atoms with Crippen LogP contribution in [0.4, 0.5) is 0 Å². The maximum absolute atomic E-state index is 10.2. The van der Waals surface area contributed by atoms with Crippen molar-refractivity contribution in [2.24, 2.45) is 5.73 Å². The maximum atomic E-state index is 10.2. The number of hydrogen-bond acceptors (Lipinski definition) is 4. The van der Waals surface area contributed by atoms with Crippen LogP contribution in [-0.2, 0) is 0 Å². The van der Waals surface area contributed by atoms with E-state index in [4.69, 9.17) is 10.2 Å². The predicted octanol–water partition coefficient (Wildman–Crippen LogP) is 2.21. The second-order valence-corrected chi connectivity index (χ2v) is 4.50. The van der Waals surface area contributed by atoms with E-state index >= 15 is 0 Å². The summed E-state index contributed by atoms with van der Waals surface area (Å²) in [5.74, 6) is 0.276. The van der Waals surface area contributed by atoms with E-state index in [1.54, 1.807) is 24.5 Å². The molecule has 3 N–H and O–H groups in total. The number of aliphatic hydroxyl groups excluding tert-OH is 1. The monoisotopic (exact) mass is 296 g/mol. The number of hydrogen-bond donors (Lipinski definition) is 2. The van der Waals surface area contributed by atoms with E-state index in [9.17, 15) is 5.11 Å². The Bertz CT molecular complexity index is 472. The lowest BCUT2D eigenvalue weighted by Crippen LogP contribution is -2.20. The summed E-state index contributed by atoms with van der Waals surface area (Å²) in [5, 5.41) is 10.2. The Morgan fingerprint density at radius 2 is 2.24 bits per heavy atom. The fourth-order valence-electron chi connectivity index (χ4n) is 1.73. The van der Waals surface area contributed by atoms with Crippen molar-refractivity contribution in [2.45, 2.75) is 12.0 Å². The Morgan fingerprint density at radius 3 is 2.76 bits per heavy atom. The lowest BCUT2D eigenvalue weighted by atomic mass is 9.93. The fourth-order valence-corrected chi connectivity index (χ4v) is 2.05. The van der Waals surface area contributed by atoms with Crippen LogP contribution in [0.3, 0.4) is 0 Å². The molecule has 0 aliphatic heterocycles. The molecule has 0 bridgehead atoms. The van der Waals surface area contributed by atoms with E-state index in [2.05, 4.69) is 20.9 Å². The molecule has 90 valence electrons. The molecule has 0 spiro atoms. The van der Waals surface area contributed by atoms with Crippen LogP contribution in [0.15, 0.2) is 45.7 Å². The standard InChI is InChI=1S/C12H13BrN2O2/c13-11-4-3-10(17-11)12(16)9(6-14)8-2-1-5-15-7-8/h1-5,7,9,12,16H,6,14H2. The van der Waals surface area contributed by atoms with Crippen LogP contribution in [0.25, 0.3) is 0 Å². The topological polar surface area (TPSA) is 72.3 Å². The molecule has 2 rings (SSSR count). The quantitative estimate of drug-likeness (QED) is 0.907. The average Bonchev–Trinajstić information content (AvgIpc) is 2.78. The van der Waals surface area contributed by atoms with Crippen molar-refractivity contribution in [2.75, 3.05) is 6.54 Å². The lowest BCUT2D eigenvalue weighted by Gasteiger charge is -2.19. The molecule has 2 heterocycles. The Balaban J connectivity index is 2.25. The van der Waals surface area contributed by atoms with Gasteiger partial charge >= 0.3 is 0 Å². The van der Waals surface area contributed by atoms with Gasteiger partial charge in [-0.05, 0) is 39.7 Å². The molecular formula is C12H13BrN2O2. The number of halogens is 1. The summed E-state index contributed by atoms with van der Waals surface area (Å²) in [5.41, 5.74) is 6.61. The van der Waals surface area contributed by atoms with E-state index in [1.165, 1.54) is 0 Å². The van der Waals surface area contributed by atoms with Crippen molar-refractivity contribution in [1.82, 2.24) is 4.98 Å². The van der Waals surface area contributed by atoms with E-state index in [1.807, 2.05) is 12.1 Å². The lowest BCUT2D eigenvalue weighted by molar-refractivity contribution is 0.120. The van der Waals surface area contributed by atoms with Crippen LogP contribution >= 0.6 is 15.9 Å². The molecule has 0 saturated heterocycles. The van der Waals surface area contributed by atoms with Gasteiger partial charge in [-0.15, -0.1) is 0 Å². The Hall–Kier alpha value is -1.17. The van der Waals surface area contributed by atoms with Crippen molar-refractivity contribution in [1.29, 1.82) is 0 Å². The number of aromatic nitrogens is 1. The molecule has 2 aromatic rings. The van der Waals surface area contributed by atoms with E-state index < -0.39 is 6.10 Å². The third kappa shape index (κ3) is 2.74. The third-order valence-corrected chi connectivity index (χ3v) is 3.06. The highest BCUT2D eigenvalue weighted by molar-refractivity contribution is 9.10. The van der Waals surface area contributed by atoms with Crippen molar-refractivity contribution in [3.05, 3.63) is 52.7 Å². The van der Waals surface area contributed by atoms with Gasteiger partial charge in [0.2, 0.25) is 0 Å². The zero-order valence-electron chi connectivity index (χ0n) is 9.08. The van der Waals surface area contributed by atoms with Gasteiger partial charge in [0, 0.05) is 24.9 Å². The highest BCUT2D eigenvalue weighted by Crippen LogP contribution is 2.31. The molecule has 2 atom stereocenters. The van der Waals surface area contributed by atoms with Crippen LogP contribution in [0.5, 0.6) is 0 Å². The second kappa shape index (κ2) is 5.44. The molecule has 0 radical (unpaired) electrons. The van der Waals surface area contributed by atoms with E-state index in [0.717, 1.165) is 5.56 Å². The number of nitrogens with two attached hydrogens (primary N) is 1. The number of nitrogens with zero attached hydrogens (tertiary/aromatic N) is 1. The molecule has 5 heteroatoms. The van der Waals surface area contributed by atoms with Gasteiger partial charge in [0.05, 0.1) is 0 Å². The number of furan rings is 1. The molecule has 0 amide bonds. The van der Waals surface area contributed by atoms with E-state index in [-0.39, 0.29) is 5.92 Å². The highest BCUT2D eigenvalue weighted by Gasteiger charge is 2.24. The van der Waals surface area contributed by atoms with Gasteiger partial charge in [-0.2, -0.15) is 0 Å². The van der Waals surface area contributed by atoms with Crippen LogP contribution in [0, 0.1) is 0 Å². The summed E-state index contributed by atoms with van der Waals surface area (Å²) in [4.78, 5) is 4.03. The van der Waals surface area contributed by atoms with Gasteiger partial charge in [-0.3, -0.25) is 4.98 Å². The summed E-state index contributed by atoms with van der Waals surface area (Å²) in [6, 6.07) is 7.19. The molecule has 0 saturated carbocycles. The minimum absolute atomic E-state index is 0.221. The zero-order chi connectivity index (χ0) is 12.3. The average molecular weight is 297 g/mol. The molecule has 4 nitrogen and oxygen atoms in total. The summed E-state index contributed by atoms with van der Waals surface area (Å²) in [6.45, 7) is 0.325. The highest BCUT2D eigenvalue weighted by atomic mass is 79.9. The SMILES string of the molecule is NCC(c1cccnc1)C(O)c1ccc(Br)o1. The van der Waals surface area contributed by atoms with Crippen LogP contribution < -0.4 is 5.73 Å². The molecule has 0 aliphatic carbocycles. The van der Waals surface area contributed by atoms with E-state index in [0.29, 0.717) is 17.0 Å². The van der Waals surface area contributed by atoms with Crippen LogP contribution in [0.2, 0.25) is 0 Å². The summed E-state index contributed by atoms with van der Waals surface area (Å²) < 4.78 is 5.93. The van der Waals surface area contributed by atoms with Crippen molar-refractivity contribution in [3.8, 4) is 0 Å². The molecule has 2 unspecified atom stereocenters. The molecular weight excluding hydrogens is 284 g/mol. The van der Waals surface area contributed by atoms with Gasteiger partial charge in [0.15, 0.2) is 4.67 Å². The van der Waals surface area contributed by atoms with Gasteiger partial charge in [-0.1, -0.05) is 6.07 Å². The molecule has 0 aliphatic rings. The van der Waals surface area contributed by atoms with Crippen molar-refractivity contribution < 1.29 is 9.52 Å². The molecule has 0 fully saturated rings. The summed E-state index contributed by atoms with van der Waals surface area (Å²) in [6.07, 6.45) is 2.63. The smallest absolute Gasteiger partial charge is 0.169 e. The number of aliphatic hydroxyl groups is 1.